The quantitative estimate of drug-likeness (QED) is 0.441. The summed E-state index contributed by atoms with van der Waals surface area (Å²) in [5, 5.41) is 9.74. The van der Waals surface area contributed by atoms with Crippen LogP contribution in [0, 0.1) is 0 Å². The van der Waals surface area contributed by atoms with Crippen LogP contribution in [0.3, 0.4) is 0 Å². The highest BCUT2D eigenvalue weighted by molar-refractivity contribution is 8.26. The van der Waals surface area contributed by atoms with Crippen LogP contribution in [0.25, 0.3) is 17.4 Å². The predicted molar refractivity (Wildman–Crippen MR) is 121 cm³/mol. The van der Waals surface area contributed by atoms with Crippen molar-refractivity contribution in [2.24, 2.45) is 0 Å². The van der Waals surface area contributed by atoms with E-state index in [0.29, 0.717) is 16.4 Å². The van der Waals surface area contributed by atoms with E-state index in [1.54, 1.807) is 12.1 Å². The summed E-state index contributed by atoms with van der Waals surface area (Å²) in [7, 11) is 0. The molecule has 0 saturated carbocycles. The summed E-state index contributed by atoms with van der Waals surface area (Å²) in [5.74, 6) is -0.333. The molecule has 0 radical (unpaired) electrons. The lowest BCUT2D eigenvalue weighted by Gasteiger charge is -2.23. The van der Waals surface area contributed by atoms with Gasteiger partial charge in [0.15, 0.2) is 0 Å². The highest BCUT2D eigenvalue weighted by Crippen LogP contribution is 2.35. The van der Waals surface area contributed by atoms with E-state index in [1.165, 1.54) is 4.90 Å². The van der Waals surface area contributed by atoms with Gasteiger partial charge in [0, 0.05) is 18.1 Å². The molecule has 3 aromatic rings. The molecule has 0 aliphatic carbocycles. The molecule has 0 unspecified atom stereocenters. The van der Waals surface area contributed by atoms with Gasteiger partial charge in [0.1, 0.15) is 21.9 Å². The minimum absolute atomic E-state index is 0.175. The summed E-state index contributed by atoms with van der Waals surface area (Å²) in [4.78, 5) is 26.4. The number of rotatable bonds is 6. The molecule has 5 nitrogen and oxygen atoms in total. The van der Waals surface area contributed by atoms with Gasteiger partial charge in [0.05, 0.1) is 4.91 Å². The second-order valence-electron chi connectivity index (χ2n) is 6.66. The molecular formula is C23H17NO4S2. The number of carbonyl (C=O) groups is 2. The zero-order chi connectivity index (χ0) is 21.1. The van der Waals surface area contributed by atoms with Crippen molar-refractivity contribution >= 4 is 46.3 Å². The summed E-state index contributed by atoms with van der Waals surface area (Å²) in [6, 6.07) is 21.3. The van der Waals surface area contributed by atoms with Crippen LogP contribution >= 0.6 is 24.0 Å². The van der Waals surface area contributed by atoms with Crippen molar-refractivity contribution in [1.29, 1.82) is 0 Å². The number of carboxylic acids is 1. The minimum atomic E-state index is -1.10. The van der Waals surface area contributed by atoms with Crippen molar-refractivity contribution in [3.05, 3.63) is 89.0 Å². The van der Waals surface area contributed by atoms with Crippen molar-refractivity contribution in [3.63, 3.8) is 0 Å². The average Bonchev–Trinajstić information content (AvgIpc) is 3.32. The standard InChI is InChI=1S/C23H17NO4S2/c25-21-20(14-17-11-12-19(28-17)16-9-5-2-6-10-16)30-23(29)24(21)18(22(26)27)13-15-7-3-1-4-8-15/h1-12,14,18H,13H2,(H,26,27)/b20-14+/t18-/m1/s1. The van der Waals surface area contributed by atoms with Crippen LogP contribution in [-0.2, 0) is 16.0 Å². The number of amides is 1. The maximum atomic E-state index is 13.0. The lowest BCUT2D eigenvalue weighted by Crippen LogP contribution is -2.45. The van der Waals surface area contributed by atoms with Gasteiger partial charge in [-0.2, -0.15) is 0 Å². The first-order valence-electron chi connectivity index (χ1n) is 9.22. The maximum absolute atomic E-state index is 13.0. The molecule has 0 spiro atoms. The van der Waals surface area contributed by atoms with E-state index in [0.717, 1.165) is 22.9 Å². The van der Waals surface area contributed by atoms with Crippen LogP contribution in [0.2, 0.25) is 0 Å². The van der Waals surface area contributed by atoms with Crippen LogP contribution in [-0.4, -0.2) is 32.2 Å². The molecule has 1 N–H and O–H groups in total. The van der Waals surface area contributed by atoms with E-state index in [2.05, 4.69) is 0 Å². The highest BCUT2D eigenvalue weighted by Gasteiger charge is 2.40. The number of carbonyl (C=O) groups excluding carboxylic acids is 1. The van der Waals surface area contributed by atoms with Gasteiger partial charge in [-0.05, 0) is 17.7 Å². The number of thioether (sulfide) groups is 1. The number of carboxylic acid groups (broad SMARTS) is 1. The molecule has 1 atom stereocenters. The second-order valence-corrected chi connectivity index (χ2v) is 8.34. The molecule has 1 aliphatic heterocycles. The van der Waals surface area contributed by atoms with E-state index in [1.807, 2.05) is 66.7 Å². The van der Waals surface area contributed by atoms with Crippen molar-refractivity contribution in [2.75, 3.05) is 0 Å². The second kappa shape index (κ2) is 8.69. The van der Waals surface area contributed by atoms with Gasteiger partial charge in [-0.25, -0.2) is 4.79 Å². The molecule has 4 rings (SSSR count). The zero-order valence-corrected chi connectivity index (χ0v) is 17.4. The lowest BCUT2D eigenvalue weighted by molar-refractivity contribution is -0.145. The Hall–Kier alpha value is -3.16. The van der Waals surface area contributed by atoms with Gasteiger partial charge in [-0.15, -0.1) is 0 Å². The first-order valence-corrected chi connectivity index (χ1v) is 10.4. The Morgan fingerprint density at radius 3 is 2.40 bits per heavy atom. The largest absolute Gasteiger partial charge is 0.480 e. The van der Waals surface area contributed by atoms with Crippen molar-refractivity contribution < 1.29 is 19.1 Å². The highest BCUT2D eigenvalue weighted by atomic mass is 32.2. The lowest BCUT2D eigenvalue weighted by atomic mass is 10.0. The summed E-state index contributed by atoms with van der Waals surface area (Å²) < 4.78 is 6.06. The van der Waals surface area contributed by atoms with Gasteiger partial charge >= 0.3 is 5.97 Å². The molecule has 0 bridgehead atoms. The number of nitrogens with zero attached hydrogens (tertiary/aromatic N) is 1. The van der Waals surface area contributed by atoms with Gasteiger partial charge in [0.2, 0.25) is 0 Å². The Kier molecular flexibility index (Phi) is 5.83. The fourth-order valence-corrected chi connectivity index (χ4v) is 4.53. The van der Waals surface area contributed by atoms with Gasteiger partial charge < -0.3 is 9.52 Å². The number of furan rings is 1. The minimum Gasteiger partial charge on any atom is -0.480 e. The molecule has 7 heteroatoms. The number of hydrogen-bond donors (Lipinski definition) is 1. The van der Waals surface area contributed by atoms with Crippen molar-refractivity contribution in [2.45, 2.75) is 12.5 Å². The molecule has 150 valence electrons. The molecule has 1 fully saturated rings. The van der Waals surface area contributed by atoms with Crippen LogP contribution in [0.5, 0.6) is 0 Å². The molecule has 1 aromatic heterocycles. The first-order chi connectivity index (χ1) is 14.5. The van der Waals surface area contributed by atoms with E-state index in [4.69, 9.17) is 16.6 Å². The predicted octanol–water partition coefficient (Wildman–Crippen LogP) is 4.84. The van der Waals surface area contributed by atoms with Crippen molar-refractivity contribution in [1.82, 2.24) is 4.90 Å². The smallest absolute Gasteiger partial charge is 0.327 e. The Morgan fingerprint density at radius 1 is 1.07 bits per heavy atom. The summed E-state index contributed by atoms with van der Waals surface area (Å²) in [5.41, 5.74) is 1.75. The number of aliphatic carboxylic acids is 1. The maximum Gasteiger partial charge on any atom is 0.327 e. The molecule has 1 saturated heterocycles. The molecule has 30 heavy (non-hydrogen) atoms. The summed E-state index contributed by atoms with van der Waals surface area (Å²) in [6.07, 6.45) is 1.78. The van der Waals surface area contributed by atoms with Gasteiger partial charge in [0.25, 0.3) is 5.91 Å². The Balaban J connectivity index is 1.57. The molecule has 2 heterocycles. The van der Waals surface area contributed by atoms with E-state index in [9.17, 15) is 14.7 Å². The topological polar surface area (TPSA) is 70.8 Å². The van der Waals surface area contributed by atoms with Crippen LogP contribution in [0.4, 0.5) is 0 Å². The van der Waals surface area contributed by atoms with Crippen LogP contribution in [0.1, 0.15) is 11.3 Å². The zero-order valence-electron chi connectivity index (χ0n) is 15.7. The summed E-state index contributed by atoms with van der Waals surface area (Å²) in [6.45, 7) is 0. The summed E-state index contributed by atoms with van der Waals surface area (Å²) >= 11 is 6.42. The molecular weight excluding hydrogens is 418 g/mol. The Labute approximate surface area is 183 Å². The normalized spacial score (nSPS) is 16.3. The van der Waals surface area contributed by atoms with Gasteiger partial charge in [-0.1, -0.05) is 84.6 Å². The molecule has 1 amide bonds. The van der Waals surface area contributed by atoms with E-state index < -0.39 is 17.9 Å². The van der Waals surface area contributed by atoms with Crippen LogP contribution in [0.15, 0.2) is 82.1 Å². The monoisotopic (exact) mass is 435 g/mol. The first kappa shape index (κ1) is 20.1. The Bertz CT molecular complexity index is 1120. The van der Waals surface area contributed by atoms with E-state index >= 15 is 0 Å². The Morgan fingerprint density at radius 2 is 1.73 bits per heavy atom. The fourth-order valence-electron chi connectivity index (χ4n) is 3.19. The molecule has 2 aromatic carbocycles. The van der Waals surface area contributed by atoms with Gasteiger partial charge in [-0.3, -0.25) is 9.69 Å². The third-order valence-electron chi connectivity index (χ3n) is 4.65. The SMILES string of the molecule is O=C(O)[C@@H](Cc1ccccc1)N1C(=O)/C(=C\c2ccc(-c3ccccc3)o2)SC1=S. The molecule has 1 aliphatic rings. The third-order valence-corrected chi connectivity index (χ3v) is 5.98. The number of hydrogen-bond acceptors (Lipinski definition) is 5. The van der Waals surface area contributed by atoms with Crippen LogP contribution < -0.4 is 0 Å². The fraction of sp³-hybridized carbons (Fsp3) is 0.0870. The average molecular weight is 436 g/mol. The number of benzene rings is 2. The number of thiocarbonyl (C=S) groups is 1. The third kappa shape index (κ3) is 4.22. The van der Waals surface area contributed by atoms with E-state index in [-0.39, 0.29) is 10.7 Å². The van der Waals surface area contributed by atoms with Crippen molar-refractivity contribution in [3.8, 4) is 11.3 Å².